The first-order chi connectivity index (χ1) is 18.0. The zero-order chi connectivity index (χ0) is 27.6. The molecule has 0 radical (unpaired) electrons. The molecule has 0 aliphatic heterocycles. The molecule has 0 unspecified atom stereocenters. The summed E-state index contributed by atoms with van der Waals surface area (Å²) in [5.74, 6) is -2.60. The number of para-hydroxylation sites is 1. The second-order valence-electron chi connectivity index (χ2n) is 7.87. The Kier molecular flexibility index (Phi) is 7.13. The summed E-state index contributed by atoms with van der Waals surface area (Å²) in [6.45, 7) is 8.37. The van der Waals surface area contributed by atoms with Crippen molar-refractivity contribution in [3.05, 3.63) is 87.2 Å². The van der Waals surface area contributed by atoms with Crippen LogP contribution in [0.15, 0.2) is 42.5 Å². The van der Waals surface area contributed by atoms with E-state index >= 15 is 0 Å². The van der Waals surface area contributed by atoms with E-state index < -0.39 is 30.4 Å². The number of tetrazole rings is 1. The molecule has 2 N–H and O–H groups in total. The number of halogens is 4. The summed E-state index contributed by atoms with van der Waals surface area (Å²) < 4.78 is 41.5. The van der Waals surface area contributed by atoms with Crippen LogP contribution in [0.25, 0.3) is 10.5 Å². The maximum Gasteiger partial charge on any atom is 0.453 e. The summed E-state index contributed by atoms with van der Waals surface area (Å²) in [5, 5.41) is 19.1. The molecule has 0 aliphatic carbocycles. The zero-order valence-corrected chi connectivity index (χ0v) is 20.5. The number of carbonyl (C=O) groups excluding carboxylic acids is 2. The van der Waals surface area contributed by atoms with Crippen molar-refractivity contribution in [1.82, 2.24) is 35.3 Å². The van der Waals surface area contributed by atoms with Crippen molar-refractivity contribution >= 4 is 34.8 Å². The van der Waals surface area contributed by atoms with E-state index in [-0.39, 0.29) is 39.0 Å². The Labute approximate surface area is 218 Å². The first kappa shape index (κ1) is 26.3. The number of hydrogen-bond donors (Lipinski definition) is 2. The fourth-order valence-corrected chi connectivity index (χ4v) is 3.85. The van der Waals surface area contributed by atoms with Crippen LogP contribution in [0.5, 0.6) is 0 Å². The minimum absolute atomic E-state index is 0.0273. The maximum absolute atomic E-state index is 13.5. The minimum atomic E-state index is -4.81. The van der Waals surface area contributed by atoms with Gasteiger partial charge < -0.3 is 10.6 Å². The van der Waals surface area contributed by atoms with Gasteiger partial charge in [0.15, 0.2) is 5.69 Å². The van der Waals surface area contributed by atoms with Crippen LogP contribution in [0.3, 0.4) is 0 Å². The van der Waals surface area contributed by atoms with Gasteiger partial charge in [-0.15, -0.1) is 5.10 Å². The van der Waals surface area contributed by atoms with Gasteiger partial charge in [-0.25, -0.2) is 14.2 Å². The smallest absolute Gasteiger partial charge is 0.355 e. The Balaban J connectivity index is 1.79. The zero-order valence-electron chi connectivity index (χ0n) is 19.7. The second kappa shape index (κ2) is 10.3. The van der Waals surface area contributed by atoms with E-state index in [9.17, 15) is 22.8 Å². The Morgan fingerprint density at radius 1 is 1.16 bits per heavy atom. The molecule has 0 atom stereocenters. The first-order valence-corrected chi connectivity index (χ1v) is 11.1. The van der Waals surface area contributed by atoms with Crippen LogP contribution in [0.4, 0.5) is 24.5 Å². The van der Waals surface area contributed by atoms with Crippen LogP contribution in [0, 0.1) is 13.5 Å². The van der Waals surface area contributed by atoms with E-state index in [1.54, 1.807) is 31.2 Å². The maximum atomic E-state index is 13.5. The van der Waals surface area contributed by atoms with Crippen LogP contribution in [0.1, 0.15) is 37.9 Å². The molecule has 0 saturated heterocycles. The van der Waals surface area contributed by atoms with E-state index in [2.05, 4.69) is 36.1 Å². The van der Waals surface area contributed by atoms with Crippen molar-refractivity contribution in [2.75, 3.05) is 12.4 Å². The molecule has 2 aromatic heterocycles. The lowest BCUT2D eigenvalue weighted by Gasteiger charge is -2.15. The Morgan fingerprint density at radius 3 is 2.55 bits per heavy atom. The molecule has 0 spiro atoms. The third kappa shape index (κ3) is 5.18. The Bertz CT molecular complexity index is 1590. The third-order valence-electron chi connectivity index (χ3n) is 5.33. The van der Waals surface area contributed by atoms with E-state index in [4.69, 9.17) is 18.2 Å². The summed E-state index contributed by atoms with van der Waals surface area (Å²) in [7, 11) is 1.40. The molecule has 2 heterocycles. The summed E-state index contributed by atoms with van der Waals surface area (Å²) >= 11 is 6.32. The Hall–Kier alpha value is -4.77. The summed E-state index contributed by atoms with van der Waals surface area (Å²) in [6, 6.07) is 10.5. The van der Waals surface area contributed by atoms with Crippen molar-refractivity contribution in [2.45, 2.75) is 19.6 Å². The van der Waals surface area contributed by atoms with Crippen molar-refractivity contribution < 1.29 is 22.8 Å². The van der Waals surface area contributed by atoms with E-state index in [0.717, 1.165) is 0 Å². The predicted octanol–water partition coefficient (Wildman–Crippen LogP) is 4.05. The van der Waals surface area contributed by atoms with Crippen LogP contribution in [0.2, 0.25) is 5.02 Å². The lowest BCUT2D eigenvalue weighted by Crippen LogP contribution is -2.23. The van der Waals surface area contributed by atoms with Crippen molar-refractivity contribution in [3.63, 3.8) is 0 Å². The van der Waals surface area contributed by atoms with Gasteiger partial charge in [-0.05, 0) is 47.2 Å². The van der Waals surface area contributed by atoms with Crippen molar-refractivity contribution in [1.29, 1.82) is 0 Å². The number of anilines is 1. The average molecular weight is 544 g/mol. The van der Waals surface area contributed by atoms with E-state index in [1.807, 2.05) is 0 Å². The highest BCUT2D eigenvalue weighted by Crippen LogP contribution is 2.30. The summed E-state index contributed by atoms with van der Waals surface area (Å²) in [5.41, 5.74) is 1.06. The lowest BCUT2D eigenvalue weighted by atomic mass is 10.1. The topological polar surface area (TPSA) is 124 Å². The molecular weight excluding hydrogens is 527 g/mol. The molecule has 2 aromatic carbocycles. The second-order valence-corrected chi connectivity index (χ2v) is 8.28. The molecule has 0 saturated carbocycles. The molecule has 0 aliphatic rings. The van der Waals surface area contributed by atoms with Crippen LogP contribution < -0.4 is 10.6 Å². The number of carbonyl (C=O) groups is 2. The van der Waals surface area contributed by atoms with Crippen molar-refractivity contribution in [3.8, 4) is 5.69 Å². The largest absolute Gasteiger partial charge is 0.453 e. The third-order valence-corrected chi connectivity index (χ3v) is 5.65. The first-order valence-electron chi connectivity index (χ1n) is 10.8. The van der Waals surface area contributed by atoms with Gasteiger partial charge in [-0.2, -0.15) is 18.3 Å². The molecule has 0 bridgehead atoms. The summed E-state index contributed by atoms with van der Waals surface area (Å²) in [6.07, 6.45) is -4.81. The van der Waals surface area contributed by atoms with Crippen molar-refractivity contribution in [2.24, 2.45) is 0 Å². The normalized spacial score (nSPS) is 11.2. The molecule has 0 fully saturated rings. The van der Waals surface area contributed by atoms with E-state index in [1.165, 1.54) is 29.9 Å². The average Bonchev–Trinajstić information content (AvgIpc) is 3.52. The lowest BCUT2D eigenvalue weighted by molar-refractivity contribution is -0.147. The number of amides is 2. The monoisotopic (exact) mass is 543 g/mol. The van der Waals surface area contributed by atoms with Crippen LogP contribution in [-0.2, 0) is 12.7 Å². The Morgan fingerprint density at radius 2 is 1.89 bits per heavy atom. The number of hydrogen-bond acceptors (Lipinski definition) is 6. The fraction of sp³-hybridized carbons (Fsp3) is 0.174. The van der Waals surface area contributed by atoms with Gasteiger partial charge in [0, 0.05) is 7.05 Å². The number of nitrogens with one attached hydrogen (secondary N) is 2. The molecule has 15 heteroatoms. The van der Waals surface area contributed by atoms with E-state index in [0.29, 0.717) is 10.2 Å². The van der Waals surface area contributed by atoms with Gasteiger partial charge in [-0.3, -0.25) is 9.59 Å². The van der Waals surface area contributed by atoms with Gasteiger partial charge >= 0.3 is 6.18 Å². The summed E-state index contributed by atoms with van der Waals surface area (Å²) in [4.78, 5) is 29.3. The number of rotatable bonds is 6. The highest BCUT2D eigenvalue weighted by molar-refractivity contribution is 6.32. The fourth-order valence-electron chi connectivity index (χ4n) is 3.63. The van der Waals surface area contributed by atoms with Gasteiger partial charge in [-0.1, -0.05) is 29.8 Å². The quantitative estimate of drug-likeness (QED) is 0.354. The molecular formula is C23H17ClF3N9O2. The number of nitrogens with zero attached hydrogens (tertiary/aromatic N) is 7. The minimum Gasteiger partial charge on any atom is -0.355 e. The van der Waals surface area contributed by atoms with Gasteiger partial charge in [0.25, 0.3) is 17.6 Å². The van der Waals surface area contributed by atoms with Crippen LogP contribution in [-0.4, -0.2) is 48.8 Å². The molecule has 194 valence electrons. The van der Waals surface area contributed by atoms with Crippen LogP contribution >= 0.6 is 11.6 Å². The molecule has 2 amide bonds. The predicted molar refractivity (Wildman–Crippen MR) is 129 cm³/mol. The van der Waals surface area contributed by atoms with Gasteiger partial charge in [0.2, 0.25) is 0 Å². The number of aryl methyl sites for hydroxylation is 1. The molecule has 4 aromatic rings. The highest BCUT2D eigenvalue weighted by Gasteiger charge is 2.38. The molecule has 11 nitrogen and oxygen atoms in total. The number of aromatic nitrogens is 6. The SMILES string of the molecule is [C-]#[N+]c1cc(C)c(NC(=O)c2cc(Cn3nnnc3C(F)(F)F)nn2-c2ccccc2Cl)c(C(=O)NC)c1. The molecule has 4 rings (SSSR count). The number of benzene rings is 2. The molecule has 38 heavy (non-hydrogen) atoms. The van der Waals surface area contributed by atoms with Gasteiger partial charge in [0.1, 0.15) is 5.69 Å². The standard InChI is InChI=1S/C23H17ClF3N9O2/c1-12-8-13(28-2)9-15(20(37)29-3)19(12)30-21(38)18-10-14(11-35-22(23(25,26)27)31-33-34-35)32-36(18)17-7-5-4-6-16(17)24/h4-10H,11H2,1,3H3,(H,29,37)(H,30,38). The number of alkyl halides is 3. The van der Waals surface area contributed by atoms with Gasteiger partial charge in [0.05, 0.1) is 40.8 Å². The highest BCUT2D eigenvalue weighted by atomic mass is 35.5.